The van der Waals surface area contributed by atoms with Crippen molar-refractivity contribution in [3.63, 3.8) is 0 Å². The average Bonchev–Trinajstić information content (AvgIpc) is 2.35. The molecule has 0 bridgehead atoms. The zero-order chi connectivity index (χ0) is 15.3. The Morgan fingerprint density at radius 1 is 1.15 bits per heavy atom. The fourth-order valence-electron chi connectivity index (χ4n) is 1.59. The summed E-state index contributed by atoms with van der Waals surface area (Å²) >= 11 is 0. The van der Waals surface area contributed by atoms with Crippen LogP contribution in [-0.4, -0.2) is 17.7 Å². The first kappa shape index (κ1) is 16.2. The topological polar surface area (TPSA) is 52.6 Å². The third-order valence-electron chi connectivity index (χ3n) is 2.89. The van der Waals surface area contributed by atoms with E-state index in [2.05, 4.69) is 18.6 Å². The van der Waals surface area contributed by atoms with Crippen molar-refractivity contribution in [3.8, 4) is 0 Å². The molecule has 110 valence electrons. The van der Waals surface area contributed by atoms with Gasteiger partial charge in [0.25, 0.3) is 0 Å². The van der Waals surface area contributed by atoms with E-state index in [1.165, 1.54) is 0 Å². The molecular formula is C16H22O4. The quantitative estimate of drug-likeness (QED) is 0.611. The molecule has 1 unspecified atom stereocenters. The molecule has 1 aromatic rings. The van der Waals surface area contributed by atoms with Crippen LogP contribution in [0.5, 0.6) is 0 Å². The van der Waals surface area contributed by atoms with Crippen LogP contribution >= 0.6 is 0 Å². The fraction of sp³-hybridized carbons (Fsp3) is 0.500. The summed E-state index contributed by atoms with van der Waals surface area (Å²) in [6, 6.07) is 7.07. The van der Waals surface area contributed by atoms with Crippen LogP contribution in [-0.2, 0) is 9.47 Å². The molecule has 4 heteroatoms. The van der Waals surface area contributed by atoms with Crippen LogP contribution in [0, 0.1) is 0 Å². The predicted molar refractivity (Wildman–Crippen MR) is 76.8 cm³/mol. The Balaban J connectivity index is 2.67. The van der Waals surface area contributed by atoms with Crippen molar-refractivity contribution in [2.75, 3.05) is 0 Å². The maximum absolute atomic E-state index is 11.8. The van der Waals surface area contributed by atoms with Crippen LogP contribution in [0.1, 0.15) is 62.9 Å². The lowest BCUT2D eigenvalue weighted by Crippen LogP contribution is -2.26. The maximum Gasteiger partial charge on any atom is 0.516 e. The van der Waals surface area contributed by atoms with E-state index in [1.54, 1.807) is 32.9 Å². The Morgan fingerprint density at radius 3 is 2.15 bits per heavy atom. The van der Waals surface area contributed by atoms with Gasteiger partial charge < -0.3 is 9.47 Å². The van der Waals surface area contributed by atoms with Crippen molar-refractivity contribution < 1.29 is 19.1 Å². The van der Waals surface area contributed by atoms with Crippen molar-refractivity contribution in [1.29, 1.82) is 0 Å². The van der Waals surface area contributed by atoms with E-state index in [-0.39, 0.29) is 0 Å². The van der Waals surface area contributed by atoms with Gasteiger partial charge in [0.15, 0.2) is 0 Å². The Labute approximate surface area is 120 Å². The van der Waals surface area contributed by atoms with Gasteiger partial charge in [0, 0.05) is 0 Å². The highest BCUT2D eigenvalue weighted by Gasteiger charge is 2.21. The van der Waals surface area contributed by atoms with Gasteiger partial charge >= 0.3 is 12.1 Å². The monoisotopic (exact) mass is 278 g/mol. The lowest BCUT2D eigenvalue weighted by molar-refractivity contribution is -0.00154. The van der Waals surface area contributed by atoms with E-state index in [0.29, 0.717) is 11.5 Å². The van der Waals surface area contributed by atoms with Gasteiger partial charge in [0.1, 0.15) is 5.60 Å². The number of hydrogen-bond acceptors (Lipinski definition) is 4. The van der Waals surface area contributed by atoms with E-state index >= 15 is 0 Å². The first-order valence-corrected chi connectivity index (χ1v) is 6.78. The molecule has 0 fully saturated rings. The number of esters is 1. The molecule has 0 aliphatic carbocycles. The molecule has 0 spiro atoms. The molecule has 0 saturated heterocycles. The summed E-state index contributed by atoms with van der Waals surface area (Å²) in [7, 11) is 0. The summed E-state index contributed by atoms with van der Waals surface area (Å²) in [5, 5.41) is 0. The first-order chi connectivity index (χ1) is 9.23. The number of ether oxygens (including phenoxy) is 2. The van der Waals surface area contributed by atoms with Gasteiger partial charge in [-0.2, -0.15) is 0 Å². The van der Waals surface area contributed by atoms with Crippen molar-refractivity contribution >= 4 is 12.1 Å². The molecule has 4 nitrogen and oxygen atoms in total. The average molecular weight is 278 g/mol. The lowest BCUT2D eigenvalue weighted by atomic mass is 9.98. The summed E-state index contributed by atoms with van der Waals surface area (Å²) in [6.07, 6.45) is 0.0512. The number of carbonyl (C=O) groups excluding carboxylic acids is 2. The second-order valence-electron chi connectivity index (χ2n) is 5.79. The fourth-order valence-corrected chi connectivity index (χ4v) is 1.59. The summed E-state index contributed by atoms with van der Waals surface area (Å²) in [5.41, 5.74) is 0.807. The predicted octanol–water partition coefficient (Wildman–Crippen LogP) is 4.29. The summed E-state index contributed by atoms with van der Waals surface area (Å²) in [6.45, 7) is 9.35. The minimum Gasteiger partial charge on any atom is -0.428 e. The molecule has 0 aliphatic rings. The molecule has 1 atom stereocenters. The molecule has 0 heterocycles. The highest BCUT2D eigenvalue weighted by Crippen LogP contribution is 2.19. The summed E-state index contributed by atoms with van der Waals surface area (Å²) < 4.78 is 9.57. The van der Waals surface area contributed by atoms with Gasteiger partial charge in [-0.05, 0) is 50.8 Å². The summed E-state index contributed by atoms with van der Waals surface area (Å²) in [4.78, 5) is 23.2. The van der Waals surface area contributed by atoms with Gasteiger partial charge in [-0.1, -0.05) is 26.0 Å². The Morgan fingerprint density at radius 2 is 1.70 bits per heavy atom. The molecule has 1 rings (SSSR count). The molecule has 0 amide bonds. The van der Waals surface area contributed by atoms with Gasteiger partial charge in [0.2, 0.25) is 0 Å². The third-order valence-corrected chi connectivity index (χ3v) is 2.89. The lowest BCUT2D eigenvalue weighted by Gasteiger charge is -2.18. The van der Waals surface area contributed by atoms with E-state index in [4.69, 9.17) is 4.74 Å². The van der Waals surface area contributed by atoms with Gasteiger partial charge in [0.05, 0.1) is 5.56 Å². The maximum atomic E-state index is 11.8. The van der Waals surface area contributed by atoms with Crippen LogP contribution in [0.3, 0.4) is 0 Å². The zero-order valence-corrected chi connectivity index (χ0v) is 12.7. The normalized spacial score (nSPS) is 12.7. The molecule has 1 aromatic carbocycles. The minimum atomic E-state index is -0.978. The second kappa shape index (κ2) is 6.55. The molecule has 0 radical (unpaired) electrons. The molecule has 20 heavy (non-hydrogen) atoms. The number of benzene rings is 1. The number of rotatable bonds is 3. The molecular weight excluding hydrogens is 256 g/mol. The molecule has 0 N–H and O–H groups in total. The van der Waals surface area contributed by atoms with Crippen LogP contribution in [0.25, 0.3) is 0 Å². The molecule has 0 aromatic heterocycles. The second-order valence-corrected chi connectivity index (χ2v) is 5.79. The Kier molecular flexibility index (Phi) is 5.31. The largest absolute Gasteiger partial charge is 0.516 e. The van der Waals surface area contributed by atoms with E-state index in [1.807, 2.05) is 12.1 Å². The Bertz CT molecular complexity index is 468. The Hall–Kier alpha value is -1.84. The van der Waals surface area contributed by atoms with Crippen LogP contribution < -0.4 is 0 Å². The van der Waals surface area contributed by atoms with Crippen molar-refractivity contribution in [2.24, 2.45) is 0 Å². The van der Waals surface area contributed by atoms with Crippen LogP contribution in [0.2, 0.25) is 0 Å². The molecule has 0 saturated carbocycles. The highest BCUT2D eigenvalue weighted by atomic mass is 16.7. The first-order valence-electron chi connectivity index (χ1n) is 6.78. The summed E-state index contributed by atoms with van der Waals surface area (Å²) in [5.74, 6) is -0.263. The van der Waals surface area contributed by atoms with Gasteiger partial charge in [-0.15, -0.1) is 0 Å². The smallest absolute Gasteiger partial charge is 0.428 e. The van der Waals surface area contributed by atoms with Crippen molar-refractivity contribution in [3.05, 3.63) is 35.4 Å². The highest BCUT2D eigenvalue weighted by molar-refractivity contribution is 5.95. The van der Waals surface area contributed by atoms with Gasteiger partial charge in [-0.3, -0.25) is 0 Å². The van der Waals surface area contributed by atoms with Crippen molar-refractivity contribution in [1.82, 2.24) is 0 Å². The van der Waals surface area contributed by atoms with Crippen molar-refractivity contribution in [2.45, 2.75) is 52.6 Å². The molecule has 0 aliphatic heterocycles. The van der Waals surface area contributed by atoms with E-state index in [9.17, 15) is 9.59 Å². The standard InChI is InChI=1S/C16H22O4/c1-6-11(2)12-7-9-13(10-8-12)14(17)19-15(18)20-16(3,4)5/h7-11H,6H2,1-5H3. The minimum absolute atomic E-state index is 0.336. The van der Waals surface area contributed by atoms with Gasteiger partial charge in [-0.25, -0.2) is 9.59 Å². The SMILES string of the molecule is CCC(C)c1ccc(C(=O)OC(=O)OC(C)(C)C)cc1. The third kappa shape index (κ3) is 5.03. The van der Waals surface area contributed by atoms with E-state index < -0.39 is 17.7 Å². The zero-order valence-electron chi connectivity index (χ0n) is 12.7. The number of carbonyl (C=O) groups is 2. The van der Waals surface area contributed by atoms with Crippen LogP contribution in [0.15, 0.2) is 24.3 Å². The number of hydrogen-bond donors (Lipinski definition) is 0. The van der Waals surface area contributed by atoms with E-state index in [0.717, 1.165) is 12.0 Å². The van der Waals surface area contributed by atoms with Crippen LogP contribution in [0.4, 0.5) is 4.79 Å².